The fourth-order valence-corrected chi connectivity index (χ4v) is 5.57. The Kier molecular flexibility index (Phi) is 5.20. The zero-order valence-electron chi connectivity index (χ0n) is 18.4. The van der Waals surface area contributed by atoms with E-state index in [4.69, 9.17) is 14.2 Å². The second-order valence-corrected chi connectivity index (χ2v) is 8.87. The number of nitrogens with zero attached hydrogens (tertiary/aromatic N) is 2. The molecule has 4 aliphatic heterocycles. The lowest BCUT2D eigenvalue weighted by molar-refractivity contribution is -0.152. The largest absolute Gasteiger partial charge is 0.497 e. The van der Waals surface area contributed by atoms with E-state index in [0.717, 1.165) is 11.4 Å². The van der Waals surface area contributed by atoms with Gasteiger partial charge in [0.25, 0.3) is 0 Å². The molecular weight excluding hydrogens is 412 g/mol. The van der Waals surface area contributed by atoms with E-state index in [1.807, 2.05) is 36.4 Å². The van der Waals surface area contributed by atoms with Gasteiger partial charge in [-0.2, -0.15) is 0 Å². The highest BCUT2D eigenvalue weighted by Gasteiger charge is 2.67. The summed E-state index contributed by atoms with van der Waals surface area (Å²) in [5, 5.41) is 0. The number of fused-ring (bicyclic) bond motifs is 1. The number of amides is 2. The molecule has 5 rings (SSSR count). The highest BCUT2D eigenvalue weighted by atomic mass is 16.5. The molecule has 2 bridgehead atoms. The van der Waals surface area contributed by atoms with Crippen molar-refractivity contribution in [1.82, 2.24) is 4.90 Å². The summed E-state index contributed by atoms with van der Waals surface area (Å²) in [5.41, 5.74) is 0.00658. The van der Waals surface area contributed by atoms with Crippen LogP contribution in [0.1, 0.15) is 19.8 Å². The van der Waals surface area contributed by atoms with Crippen LogP contribution in [0.15, 0.2) is 36.4 Å². The minimum absolute atomic E-state index is 0.0570. The molecule has 4 atom stereocenters. The van der Waals surface area contributed by atoms with Gasteiger partial charge < -0.3 is 24.0 Å². The zero-order chi connectivity index (χ0) is 22.5. The van der Waals surface area contributed by atoms with Crippen LogP contribution in [-0.4, -0.2) is 67.7 Å². The molecule has 170 valence electrons. The van der Waals surface area contributed by atoms with Crippen molar-refractivity contribution in [3.63, 3.8) is 0 Å². The predicted molar refractivity (Wildman–Crippen MR) is 115 cm³/mol. The van der Waals surface area contributed by atoms with Crippen molar-refractivity contribution in [2.45, 2.75) is 31.5 Å². The van der Waals surface area contributed by atoms with E-state index in [0.29, 0.717) is 39.1 Å². The number of esters is 1. The summed E-state index contributed by atoms with van der Waals surface area (Å²) in [6.45, 7) is 3.53. The third-order valence-corrected chi connectivity index (χ3v) is 7.20. The Bertz CT molecular complexity index is 952. The first-order chi connectivity index (χ1) is 15.5. The van der Waals surface area contributed by atoms with E-state index >= 15 is 0 Å². The number of hydrogen-bond donors (Lipinski definition) is 0. The molecule has 4 heterocycles. The van der Waals surface area contributed by atoms with E-state index < -0.39 is 17.4 Å². The van der Waals surface area contributed by atoms with Crippen LogP contribution < -0.4 is 9.64 Å². The monoisotopic (exact) mass is 440 g/mol. The van der Waals surface area contributed by atoms with Crippen LogP contribution in [-0.2, 0) is 23.9 Å². The minimum Gasteiger partial charge on any atom is -0.497 e. The first-order valence-electron chi connectivity index (χ1n) is 11.3. The first-order valence-corrected chi connectivity index (χ1v) is 11.3. The fourth-order valence-electron chi connectivity index (χ4n) is 5.57. The summed E-state index contributed by atoms with van der Waals surface area (Å²) in [5.74, 6) is -0.842. The molecule has 4 aliphatic rings. The van der Waals surface area contributed by atoms with Crippen molar-refractivity contribution in [3.05, 3.63) is 36.4 Å². The van der Waals surface area contributed by atoms with Crippen molar-refractivity contribution in [1.29, 1.82) is 0 Å². The molecule has 32 heavy (non-hydrogen) atoms. The molecule has 3 saturated heterocycles. The number of benzene rings is 1. The molecular formula is C24H28N2O6. The van der Waals surface area contributed by atoms with E-state index in [2.05, 4.69) is 0 Å². The van der Waals surface area contributed by atoms with Gasteiger partial charge in [0.05, 0.1) is 44.1 Å². The van der Waals surface area contributed by atoms with Gasteiger partial charge in [-0.1, -0.05) is 12.2 Å². The van der Waals surface area contributed by atoms with Crippen LogP contribution in [0, 0.1) is 17.8 Å². The topological polar surface area (TPSA) is 85.4 Å². The number of hydrogen-bond acceptors (Lipinski definition) is 6. The molecule has 2 amide bonds. The second-order valence-electron chi connectivity index (χ2n) is 8.87. The highest BCUT2D eigenvalue weighted by molar-refractivity contribution is 6.03. The van der Waals surface area contributed by atoms with Crippen LogP contribution in [0.25, 0.3) is 0 Å². The Balaban J connectivity index is 1.32. The average Bonchev–Trinajstić information content (AvgIpc) is 3.47. The summed E-state index contributed by atoms with van der Waals surface area (Å²) in [4.78, 5) is 42.5. The molecule has 0 N–H and O–H groups in total. The molecule has 1 spiro atoms. The molecule has 0 saturated carbocycles. The minimum atomic E-state index is -0.759. The number of carbonyl (C=O) groups excluding carboxylic acids is 3. The molecule has 1 aromatic carbocycles. The summed E-state index contributed by atoms with van der Waals surface area (Å²) in [7, 11) is 1.60. The number of methoxy groups -OCH3 is 1. The number of ether oxygens (including phenoxy) is 3. The third kappa shape index (κ3) is 3.20. The number of rotatable bonds is 5. The van der Waals surface area contributed by atoms with Crippen LogP contribution in [0.2, 0.25) is 0 Å². The molecule has 0 aliphatic carbocycles. The summed E-state index contributed by atoms with van der Waals surface area (Å²) >= 11 is 0. The average molecular weight is 440 g/mol. The van der Waals surface area contributed by atoms with Crippen molar-refractivity contribution < 1.29 is 28.6 Å². The van der Waals surface area contributed by atoms with Gasteiger partial charge in [-0.3, -0.25) is 14.4 Å². The second kappa shape index (κ2) is 7.92. The number of likely N-dealkylation sites (tertiary alicyclic amines) is 1. The lowest BCUT2D eigenvalue weighted by Crippen LogP contribution is -2.49. The highest BCUT2D eigenvalue weighted by Crippen LogP contribution is 2.53. The standard InChI is InChI=1S/C24H28N2O6/c1-3-31-23(29)15-9-12-25(13-10-15)21(27)19-18-8-11-24(32-18)14-26(22(28)20(19)24)16-4-6-17(30-2)7-5-16/h4-8,11,15,18-20H,3,9-10,12-14H2,1-2H3/t18-,19?,20-,24+/m0/s1. The maximum Gasteiger partial charge on any atom is 0.309 e. The van der Waals surface area contributed by atoms with E-state index in [-0.39, 0.29) is 29.8 Å². The number of carbonyl (C=O) groups is 3. The van der Waals surface area contributed by atoms with Crippen LogP contribution >= 0.6 is 0 Å². The maximum atomic E-state index is 13.5. The smallest absolute Gasteiger partial charge is 0.309 e. The zero-order valence-corrected chi connectivity index (χ0v) is 18.4. The van der Waals surface area contributed by atoms with Gasteiger partial charge in [-0.05, 0) is 44.0 Å². The normalized spacial score (nSPS) is 31.2. The summed E-state index contributed by atoms with van der Waals surface area (Å²) in [6, 6.07) is 7.33. The van der Waals surface area contributed by atoms with Crippen LogP contribution in [0.3, 0.4) is 0 Å². The molecule has 0 aromatic heterocycles. The Morgan fingerprint density at radius 1 is 1.19 bits per heavy atom. The predicted octanol–water partition coefficient (Wildman–Crippen LogP) is 1.78. The molecule has 3 fully saturated rings. The Morgan fingerprint density at radius 3 is 2.56 bits per heavy atom. The molecule has 8 nitrogen and oxygen atoms in total. The number of piperidine rings is 1. The van der Waals surface area contributed by atoms with Gasteiger partial charge in [0.1, 0.15) is 11.4 Å². The lowest BCUT2D eigenvalue weighted by atomic mass is 9.76. The van der Waals surface area contributed by atoms with E-state index in [9.17, 15) is 14.4 Å². The van der Waals surface area contributed by atoms with Gasteiger partial charge in [0, 0.05) is 18.8 Å². The van der Waals surface area contributed by atoms with Crippen LogP contribution in [0.4, 0.5) is 5.69 Å². The maximum absolute atomic E-state index is 13.5. The molecule has 1 unspecified atom stereocenters. The van der Waals surface area contributed by atoms with E-state index in [1.165, 1.54) is 0 Å². The van der Waals surface area contributed by atoms with E-state index in [1.54, 1.807) is 23.8 Å². The van der Waals surface area contributed by atoms with Gasteiger partial charge in [0.2, 0.25) is 11.8 Å². The van der Waals surface area contributed by atoms with Gasteiger partial charge in [-0.25, -0.2) is 0 Å². The van der Waals surface area contributed by atoms with Crippen molar-refractivity contribution in [3.8, 4) is 5.75 Å². The Hall–Kier alpha value is -2.87. The Labute approximate surface area is 187 Å². The molecule has 8 heteroatoms. The molecule has 0 radical (unpaired) electrons. The van der Waals surface area contributed by atoms with Gasteiger partial charge in [-0.15, -0.1) is 0 Å². The van der Waals surface area contributed by atoms with Crippen LogP contribution in [0.5, 0.6) is 5.75 Å². The quantitative estimate of drug-likeness (QED) is 0.513. The SMILES string of the molecule is CCOC(=O)C1CCN(C(=O)C2[C@@H]3C=C[C@]4(CN(c5ccc(OC)cc5)C(=O)[C@H]24)O3)CC1. The van der Waals surface area contributed by atoms with Gasteiger partial charge >= 0.3 is 5.97 Å². The number of anilines is 1. The lowest BCUT2D eigenvalue weighted by Gasteiger charge is -2.34. The Morgan fingerprint density at radius 2 is 1.91 bits per heavy atom. The van der Waals surface area contributed by atoms with Gasteiger partial charge in [0.15, 0.2) is 0 Å². The first kappa shape index (κ1) is 21.0. The summed E-state index contributed by atoms with van der Waals surface area (Å²) in [6.07, 6.45) is 4.67. The third-order valence-electron chi connectivity index (χ3n) is 7.20. The fraction of sp³-hybridized carbons (Fsp3) is 0.542. The van der Waals surface area contributed by atoms with Crippen molar-refractivity contribution in [2.24, 2.45) is 17.8 Å². The van der Waals surface area contributed by atoms with Crippen molar-refractivity contribution in [2.75, 3.05) is 38.3 Å². The molecule has 1 aromatic rings. The summed E-state index contributed by atoms with van der Waals surface area (Å²) < 4.78 is 16.6. The van der Waals surface area contributed by atoms with Crippen molar-refractivity contribution >= 4 is 23.5 Å².